The fourth-order valence-corrected chi connectivity index (χ4v) is 4.28. The first-order valence-corrected chi connectivity index (χ1v) is 13.6. The smallest absolute Gasteiger partial charge is 0.335 e. The molecule has 1 aliphatic heterocycles. The van der Waals surface area contributed by atoms with Crippen molar-refractivity contribution < 1.29 is 33.4 Å². The van der Waals surface area contributed by atoms with Gasteiger partial charge in [0.25, 0.3) is 17.7 Å². The molecule has 1 aliphatic rings. The third-order valence-electron chi connectivity index (χ3n) is 6.24. The zero-order valence-corrected chi connectivity index (χ0v) is 24.0. The van der Waals surface area contributed by atoms with E-state index in [0.717, 1.165) is 22.4 Å². The van der Waals surface area contributed by atoms with Crippen molar-refractivity contribution in [2.45, 2.75) is 34.1 Å². The number of hydrogen-bond acceptors (Lipinski definition) is 7. The molecule has 0 radical (unpaired) electrons. The van der Waals surface area contributed by atoms with E-state index in [1.807, 2.05) is 45.9 Å². The zero-order valence-electron chi connectivity index (χ0n) is 24.0. The summed E-state index contributed by atoms with van der Waals surface area (Å²) in [5.74, 6) is -0.738. The molecule has 0 bridgehead atoms. The van der Waals surface area contributed by atoms with Crippen LogP contribution in [0.3, 0.4) is 0 Å². The Labute approximate surface area is 244 Å². The maximum Gasteiger partial charge on any atom is 0.335 e. The number of nitrogens with zero attached hydrogens (tertiary/aromatic N) is 1. The summed E-state index contributed by atoms with van der Waals surface area (Å²) in [6, 6.07) is 16.1. The highest BCUT2D eigenvalue weighted by atomic mass is 16.5. The van der Waals surface area contributed by atoms with E-state index < -0.39 is 17.8 Å². The number of amides is 5. The van der Waals surface area contributed by atoms with Crippen molar-refractivity contribution in [3.63, 3.8) is 0 Å². The molecule has 0 saturated carbocycles. The van der Waals surface area contributed by atoms with Gasteiger partial charge >= 0.3 is 6.03 Å². The van der Waals surface area contributed by atoms with Gasteiger partial charge in [0.2, 0.25) is 0 Å². The van der Waals surface area contributed by atoms with E-state index in [9.17, 15) is 19.2 Å². The lowest BCUT2D eigenvalue weighted by Crippen LogP contribution is -2.54. The van der Waals surface area contributed by atoms with Crippen molar-refractivity contribution in [2.24, 2.45) is 0 Å². The molecule has 0 spiro atoms. The number of benzene rings is 3. The van der Waals surface area contributed by atoms with Crippen LogP contribution >= 0.6 is 0 Å². The van der Waals surface area contributed by atoms with E-state index in [1.165, 1.54) is 12.1 Å². The normalized spacial score (nSPS) is 14.0. The Kier molecular flexibility index (Phi) is 9.59. The molecule has 1 saturated heterocycles. The molecule has 0 aromatic heterocycles. The molecule has 0 aliphatic carbocycles. The van der Waals surface area contributed by atoms with Gasteiger partial charge in [-0.1, -0.05) is 36.8 Å². The van der Waals surface area contributed by atoms with Gasteiger partial charge in [-0.05, 0) is 74.7 Å². The van der Waals surface area contributed by atoms with Gasteiger partial charge < -0.3 is 19.5 Å². The van der Waals surface area contributed by atoms with Gasteiger partial charge in [0, 0.05) is 11.8 Å². The Hall–Kier alpha value is -5.12. The van der Waals surface area contributed by atoms with Crippen molar-refractivity contribution in [3.05, 3.63) is 82.9 Å². The number of carbonyl (C=O) groups is 4. The maximum atomic E-state index is 13.4. The molecule has 1 fully saturated rings. The second-order valence-electron chi connectivity index (χ2n) is 9.60. The molecule has 4 rings (SSSR count). The molecule has 5 amide bonds. The SMILES string of the molecule is CCCOc1ccc(N2C(=O)NC(=O)/C(=C\c3cccc(OCC(=O)Nc4ccc(C)cc4C)c3)C2=O)cc1OCC. The number of imide groups is 2. The highest BCUT2D eigenvalue weighted by Crippen LogP contribution is 2.34. The molecule has 10 heteroatoms. The van der Waals surface area contributed by atoms with E-state index in [1.54, 1.807) is 36.4 Å². The molecule has 3 aromatic carbocycles. The van der Waals surface area contributed by atoms with Gasteiger partial charge in [0.1, 0.15) is 11.3 Å². The van der Waals surface area contributed by atoms with E-state index in [0.29, 0.717) is 41.7 Å². The molecule has 218 valence electrons. The lowest BCUT2D eigenvalue weighted by molar-refractivity contribution is -0.122. The summed E-state index contributed by atoms with van der Waals surface area (Å²) in [5, 5.41) is 5.04. The number of urea groups is 1. The second-order valence-corrected chi connectivity index (χ2v) is 9.60. The molecule has 10 nitrogen and oxygen atoms in total. The monoisotopic (exact) mass is 571 g/mol. The van der Waals surface area contributed by atoms with Gasteiger partial charge in [-0.25, -0.2) is 9.69 Å². The van der Waals surface area contributed by atoms with Gasteiger partial charge in [-0.2, -0.15) is 0 Å². The number of anilines is 2. The summed E-state index contributed by atoms with van der Waals surface area (Å²) >= 11 is 0. The second kappa shape index (κ2) is 13.5. The molecule has 42 heavy (non-hydrogen) atoms. The Morgan fingerprint density at radius 3 is 2.48 bits per heavy atom. The summed E-state index contributed by atoms with van der Waals surface area (Å²) in [5.41, 5.74) is 3.17. The van der Waals surface area contributed by atoms with Crippen LogP contribution in [0.15, 0.2) is 66.2 Å². The Bertz CT molecular complexity index is 1550. The highest BCUT2D eigenvalue weighted by Gasteiger charge is 2.37. The van der Waals surface area contributed by atoms with Gasteiger partial charge in [0.05, 0.1) is 18.9 Å². The predicted molar refractivity (Wildman–Crippen MR) is 159 cm³/mol. The van der Waals surface area contributed by atoms with Crippen LogP contribution in [0.4, 0.5) is 16.2 Å². The molecular weight excluding hydrogens is 538 g/mol. The Balaban J connectivity index is 1.51. The van der Waals surface area contributed by atoms with Crippen LogP contribution in [0.1, 0.15) is 37.0 Å². The van der Waals surface area contributed by atoms with E-state index in [2.05, 4.69) is 10.6 Å². The number of ether oxygens (including phenoxy) is 3. The zero-order chi connectivity index (χ0) is 30.2. The van der Waals surface area contributed by atoms with Crippen molar-refractivity contribution in [2.75, 3.05) is 30.0 Å². The molecule has 2 N–H and O–H groups in total. The fraction of sp³-hybridized carbons (Fsp3) is 0.250. The third-order valence-corrected chi connectivity index (χ3v) is 6.24. The minimum atomic E-state index is -0.876. The summed E-state index contributed by atoms with van der Waals surface area (Å²) in [6.45, 7) is 8.25. The van der Waals surface area contributed by atoms with Crippen LogP contribution in [0.25, 0.3) is 6.08 Å². The number of rotatable bonds is 11. The number of hydrogen-bond donors (Lipinski definition) is 2. The van der Waals surface area contributed by atoms with Crippen molar-refractivity contribution in [1.82, 2.24) is 5.32 Å². The van der Waals surface area contributed by atoms with Crippen molar-refractivity contribution in [3.8, 4) is 17.2 Å². The standard InChI is InChI=1S/C32H33N3O7/c1-5-14-41-27-13-11-23(18-28(27)40-6-2)35-31(38)25(30(37)34-32(35)39)17-22-8-7-9-24(16-22)42-19-29(36)33-26-12-10-20(3)15-21(26)4/h7-13,15-18H,5-6,14,19H2,1-4H3,(H,33,36)(H,34,37,39)/b25-17+. The van der Waals surface area contributed by atoms with Crippen LogP contribution in [0.5, 0.6) is 17.2 Å². The Morgan fingerprint density at radius 2 is 1.74 bits per heavy atom. The largest absolute Gasteiger partial charge is 0.490 e. The first kappa shape index (κ1) is 29.9. The van der Waals surface area contributed by atoms with Crippen LogP contribution in [-0.4, -0.2) is 43.6 Å². The van der Waals surface area contributed by atoms with Crippen LogP contribution < -0.4 is 29.7 Å². The summed E-state index contributed by atoms with van der Waals surface area (Å²) in [7, 11) is 0. The molecule has 0 unspecified atom stereocenters. The minimum Gasteiger partial charge on any atom is -0.490 e. The summed E-state index contributed by atoms with van der Waals surface area (Å²) in [6.07, 6.45) is 2.16. The Morgan fingerprint density at radius 1 is 0.929 bits per heavy atom. The minimum absolute atomic E-state index is 0.218. The lowest BCUT2D eigenvalue weighted by Gasteiger charge is -2.27. The summed E-state index contributed by atoms with van der Waals surface area (Å²) in [4.78, 5) is 52.2. The number of nitrogens with one attached hydrogen (secondary N) is 2. The van der Waals surface area contributed by atoms with E-state index >= 15 is 0 Å². The van der Waals surface area contributed by atoms with E-state index in [4.69, 9.17) is 14.2 Å². The lowest BCUT2D eigenvalue weighted by atomic mass is 10.1. The van der Waals surface area contributed by atoms with Gasteiger partial charge in [-0.15, -0.1) is 0 Å². The first-order valence-electron chi connectivity index (χ1n) is 13.6. The topological polar surface area (TPSA) is 123 Å². The molecule has 1 heterocycles. The van der Waals surface area contributed by atoms with Gasteiger partial charge in [-0.3, -0.25) is 19.7 Å². The molecular formula is C32H33N3O7. The van der Waals surface area contributed by atoms with Crippen LogP contribution in [-0.2, 0) is 14.4 Å². The van der Waals surface area contributed by atoms with Gasteiger partial charge in [0.15, 0.2) is 18.1 Å². The van der Waals surface area contributed by atoms with Crippen molar-refractivity contribution >= 4 is 41.2 Å². The number of barbiturate groups is 1. The maximum absolute atomic E-state index is 13.4. The molecule has 0 atom stereocenters. The summed E-state index contributed by atoms with van der Waals surface area (Å²) < 4.78 is 17.0. The highest BCUT2D eigenvalue weighted by molar-refractivity contribution is 6.39. The van der Waals surface area contributed by atoms with Crippen molar-refractivity contribution in [1.29, 1.82) is 0 Å². The van der Waals surface area contributed by atoms with Crippen LogP contribution in [0, 0.1) is 13.8 Å². The quantitative estimate of drug-likeness (QED) is 0.240. The molecule has 3 aromatic rings. The van der Waals surface area contributed by atoms with E-state index in [-0.39, 0.29) is 23.8 Å². The average molecular weight is 572 g/mol. The fourth-order valence-electron chi connectivity index (χ4n) is 4.28. The predicted octanol–water partition coefficient (Wildman–Crippen LogP) is 5.17. The number of carbonyl (C=O) groups excluding carboxylic acids is 4. The van der Waals surface area contributed by atoms with Crippen LogP contribution in [0.2, 0.25) is 0 Å². The third kappa shape index (κ3) is 7.14. The average Bonchev–Trinajstić information content (AvgIpc) is 2.95. The first-order chi connectivity index (χ1) is 20.2. The number of aryl methyl sites for hydroxylation is 2.